The van der Waals surface area contributed by atoms with Crippen LogP contribution < -0.4 is 4.74 Å². The van der Waals surface area contributed by atoms with Crippen molar-refractivity contribution in [2.24, 2.45) is 5.41 Å². The fourth-order valence-electron chi connectivity index (χ4n) is 0.758. The van der Waals surface area contributed by atoms with E-state index in [9.17, 15) is 0 Å². The minimum atomic E-state index is -0.131. The summed E-state index contributed by atoms with van der Waals surface area (Å²) < 4.78 is 5.92. The average Bonchev–Trinajstić information content (AvgIpc) is 2.35. The number of thiophene rings is 1. The van der Waals surface area contributed by atoms with Crippen LogP contribution in [0.4, 0.5) is 0 Å². The van der Waals surface area contributed by atoms with Crippen LogP contribution in [0.5, 0.6) is 5.75 Å². The Morgan fingerprint density at radius 2 is 1.77 bits per heavy atom. The molecule has 0 N–H and O–H groups in total. The molecule has 1 rings (SSSR count). The third-order valence-electron chi connectivity index (χ3n) is 2.67. The van der Waals surface area contributed by atoms with Gasteiger partial charge < -0.3 is 4.74 Å². The predicted molar refractivity (Wildman–Crippen MR) is 58.5 cm³/mol. The highest BCUT2D eigenvalue weighted by Gasteiger charge is 2.34. The van der Waals surface area contributed by atoms with Crippen molar-refractivity contribution in [3.8, 4) is 5.75 Å². The molecule has 1 aromatic rings. The molecule has 0 saturated heterocycles. The molecule has 0 aliphatic heterocycles. The summed E-state index contributed by atoms with van der Waals surface area (Å²) in [6.07, 6.45) is 0. The molecule has 0 unspecified atom stereocenters. The van der Waals surface area contributed by atoms with E-state index < -0.39 is 0 Å². The summed E-state index contributed by atoms with van der Waals surface area (Å²) >= 11 is 1.67. The molecule has 0 fully saturated rings. The van der Waals surface area contributed by atoms with E-state index in [-0.39, 0.29) is 11.0 Å². The molecule has 74 valence electrons. The van der Waals surface area contributed by atoms with Gasteiger partial charge in [0.05, 0.1) is 0 Å². The second-order valence-corrected chi connectivity index (χ2v) is 5.60. The van der Waals surface area contributed by atoms with Gasteiger partial charge in [0.2, 0.25) is 0 Å². The lowest BCUT2D eigenvalue weighted by Crippen LogP contribution is -2.42. The number of rotatable bonds is 2. The fourth-order valence-corrected chi connectivity index (χ4v) is 1.31. The maximum Gasteiger partial charge on any atom is 0.130 e. The Labute approximate surface area is 84.7 Å². The standard InChI is InChI=1S/C11H18OS/c1-10(2,3)11(4,5)12-9-6-7-13-8-9/h6-8H,1-5H3. The Morgan fingerprint density at radius 1 is 1.15 bits per heavy atom. The van der Waals surface area contributed by atoms with Gasteiger partial charge in [-0.3, -0.25) is 0 Å². The molecule has 0 aliphatic carbocycles. The molecule has 0 aromatic carbocycles. The first-order chi connectivity index (χ1) is 5.83. The smallest absolute Gasteiger partial charge is 0.130 e. The Balaban J connectivity index is 2.73. The molecule has 0 aliphatic rings. The highest BCUT2D eigenvalue weighted by Crippen LogP contribution is 2.34. The van der Waals surface area contributed by atoms with Gasteiger partial charge in [-0.1, -0.05) is 20.8 Å². The summed E-state index contributed by atoms with van der Waals surface area (Å²) in [5.74, 6) is 0.977. The van der Waals surface area contributed by atoms with Crippen molar-refractivity contribution in [1.82, 2.24) is 0 Å². The molecular weight excluding hydrogens is 180 g/mol. The average molecular weight is 198 g/mol. The first-order valence-electron chi connectivity index (χ1n) is 4.54. The molecule has 0 saturated carbocycles. The summed E-state index contributed by atoms with van der Waals surface area (Å²) in [4.78, 5) is 0. The number of hydrogen-bond acceptors (Lipinski definition) is 2. The van der Waals surface area contributed by atoms with Gasteiger partial charge in [-0.05, 0) is 25.3 Å². The summed E-state index contributed by atoms with van der Waals surface area (Å²) in [5.41, 5.74) is 0.0169. The van der Waals surface area contributed by atoms with Crippen molar-refractivity contribution in [3.63, 3.8) is 0 Å². The van der Waals surface area contributed by atoms with Gasteiger partial charge >= 0.3 is 0 Å². The lowest BCUT2D eigenvalue weighted by Gasteiger charge is -2.38. The minimum Gasteiger partial charge on any atom is -0.486 e. The zero-order chi connectivity index (χ0) is 10.1. The van der Waals surface area contributed by atoms with E-state index in [1.165, 1.54) is 0 Å². The van der Waals surface area contributed by atoms with Gasteiger partial charge in [-0.2, -0.15) is 0 Å². The fraction of sp³-hybridized carbons (Fsp3) is 0.636. The van der Waals surface area contributed by atoms with Gasteiger partial charge in [0.25, 0.3) is 0 Å². The van der Waals surface area contributed by atoms with E-state index in [1.54, 1.807) is 11.3 Å². The topological polar surface area (TPSA) is 9.23 Å². The van der Waals surface area contributed by atoms with E-state index in [0.717, 1.165) is 5.75 Å². The monoisotopic (exact) mass is 198 g/mol. The van der Waals surface area contributed by atoms with Crippen LogP contribution in [0.15, 0.2) is 16.8 Å². The predicted octanol–water partition coefficient (Wildman–Crippen LogP) is 3.95. The van der Waals surface area contributed by atoms with E-state index in [1.807, 2.05) is 16.8 Å². The first kappa shape index (κ1) is 10.6. The van der Waals surface area contributed by atoms with Crippen LogP contribution in [-0.4, -0.2) is 5.60 Å². The number of hydrogen-bond donors (Lipinski definition) is 0. The molecule has 0 atom stereocenters. The van der Waals surface area contributed by atoms with Crippen LogP contribution in [0.2, 0.25) is 0 Å². The van der Waals surface area contributed by atoms with Crippen molar-refractivity contribution in [2.75, 3.05) is 0 Å². The van der Waals surface area contributed by atoms with Crippen molar-refractivity contribution in [1.29, 1.82) is 0 Å². The first-order valence-corrected chi connectivity index (χ1v) is 5.48. The second kappa shape index (κ2) is 3.33. The van der Waals surface area contributed by atoms with Crippen molar-refractivity contribution < 1.29 is 4.74 Å². The van der Waals surface area contributed by atoms with Gasteiger partial charge in [-0.25, -0.2) is 0 Å². The molecular formula is C11H18OS. The normalized spacial score (nSPS) is 13.0. The largest absolute Gasteiger partial charge is 0.486 e. The van der Waals surface area contributed by atoms with Crippen molar-refractivity contribution >= 4 is 11.3 Å². The summed E-state index contributed by atoms with van der Waals surface area (Å²) in [6, 6.07) is 2.01. The lowest BCUT2D eigenvalue weighted by molar-refractivity contribution is 0.00118. The maximum absolute atomic E-state index is 5.92. The highest BCUT2D eigenvalue weighted by atomic mass is 32.1. The van der Waals surface area contributed by atoms with Gasteiger partial charge in [0.15, 0.2) is 0 Å². The number of ether oxygens (including phenoxy) is 1. The van der Waals surface area contributed by atoms with Crippen molar-refractivity contribution in [3.05, 3.63) is 16.8 Å². The lowest BCUT2D eigenvalue weighted by atomic mass is 9.79. The van der Waals surface area contributed by atoms with Crippen LogP contribution in [-0.2, 0) is 0 Å². The molecule has 13 heavy (non-hydrogen) atoms. The summed E-state index contributed by atoms with van der Waals surface area (Å²) in [5, 5.41) is 4.07. The van der Waals surface area contributed by atoms with Gasteiger partial charge in [0.1, 0.15) is 11.4 Å². The van der Waals surface area contributed by atoms with Crippen molar-refractivity contribution in [2.45, 2.75) is 40.2 Å². The Kier molecular flexibility index (Phi) is 2.71. The van der Waals surface area contributed by atoms with E-state index >= 15 is 0 Å². The van der Waals surface area contributed by atoms with E-state index in [4.69, 9.17) is 4.74 Å². The third-order valence-corrected chi connectivity index (χ3v) is 3.34. The highest BCUT2D eigenvalue weighted by molar-refractivity contribution is 7.08. The van der Waals surface area contributed by atoms with Crippen LogP contribution in [0.3, 0.4) is 0 Å². The van der Waals surface area contributed by atoms with Crippen LogP contribution >= 0.6 is 11.3 Å². The molecule has 0 spiro atoms. The molecule has 2 heteroatoms. The van der Waals surface area contributed by atoms with Crippen LogP contribution in [0, 0.1) is 5.41 Å². The van der Waals surface area contributed by atoms with E-state index in [0.29, 0.717) is 0 Å². The SMILES string of the molecule is CC(C)(C)C(C)(C)Oc1ccsc1. The summed E-state index contributed by atoms with van der Waals surface area (Å²) in [7, 11) is 0. The quantitative estimate of drug-likeness (QED) is 0.699. The zero-order valence-electron chi connectivity index (χ0n) is 9.05. The Hall–Kier alpha value is -0.500. The molecule has 1 aromatic heterocycles. The minimum absolute atomic E-state index is 0.131. The summed E-state index contributed by atoms with van der Waals surface area (Å²) in [6.45, 7) is 10.8. The molecule has 1 nitrogen and oxygen atoms in total. The molecule has 0 bridgehead atoms. The second-order valence-electron chi connectivity index (χ2n) is 4.82. The van der Waals surface area contributed by atoms with Crippen LogP contribution in [0.25, 0.3) is 0 Å². The zero-order valence-corrected chi connectivity index (χ0v) is 9.87. The van der Waals surface area contributed by atoms with Gasteiger partial charge in [0, 0.05) is 10.8 Å². The van der Waals surface area contributed by atoms with Gasteiger partial charge in [-0.15, -0.1) is 11.3 Å². The van der Waals surface area contributed by atoms with E-state index in [2.05, 4.69) is 34.6 Å². The maximum atomic E-state index is 5.92. The molecule has 0 amide bonds. The van der Waals surface area contributed by atoms with Crippen LogP contribution in [0.1, 0.15) is 34.6 Å². The Morgan fingerprint density at radius 3 is 2.15 bits per heavy atom. The third kappa shape index (κ3) is 2.47. The molecule has 0 radical (unpaired) electrons. The molecule has 1 heterocycles. The Bertz CT molecular complexity index is 254.